The number of halogens is 1. The molecule has 3 heterocycles. The maximum Gasteiger partial charge on any atom is 0.253 e. The molecule has 0 saturated heterocycles. The van der Waals surface area contributed by atoms with E-state index in [1.165, 1.54) is 28.1 Å². The second-order valence-electron chi connectivity index (χ2n) is 7.18. The van der Waals surface area contributed by atoms with E-state index in [0.717, 1.165) is 17.0 Å². The second-order valence-corrected chi connectivity index (χ2v) is 9.82. The van der Waals surface area contributed by atoms with Crippen LogP contribution in [0.3, 0.4) is 0 Å². The van der Waals surface area contributed by atoms with Crippen LogP contribution in [-0.2, 0) is 4.79 Å². The Morgan fingerprint density at radius 1 is 1.12 bits per heavy atom. The number of thioether (sulfide) groups is 1. The third-order valence-corrected chi connectivity index (χ3v) is 7.17. The minimum absolute atomic E-state index is 0.127. The van der Waals surface area contributed by atoms with Gasteiger partial charge in [-0.25, -0.2) is 5.01 Å². The number of benzene rings is 2. The molecule has 0 bridgehead atoms. The Bertz CT molecular complexity index is 1260. The van der Waals surface area contributed by atoms with Crippen molar-refractivity contribution < 1.29 is 9.21 Å². The molecule has 1 aliphatic rings. The van der Waals surface area contributed by atoms with Gasteiger partial charge in [-0.3, -0.25) is 4.79 Å². The van der Waals surface area contributed by atoms with Gasteiger partial charge in [-0.15, -0.1) is 10.2 Å². The Labute approximate surface area is 203 Å². The zero-order chi connectivity index (χ0) is 22.6. The van der Waals surface area contributed by atoms with Crippen LogP contribution in [0.2, 0.25) is 5.02 Å². The summed E-state index contributed by atoms with van der Waals surface area (Å²) in [7, 11) is 0. The Morgan fingerprint density at radius 3 is 2.70 bits per heavy atom. The molecular formula is C23H18ClN5O2S2. The maximum absolute atomic E-state index is 13.1. The number of aromatic nitrogens is 2. The smallest absolute Gasteiger partial charge is 0.253 e. The van der Waals surface area contributed by atoms with Crippen molar-refractivity contribution in [2.45, 2.75) is 16.8 Å². The lowest BCUT2D eigenvalue weighted by molar-refractivity contribution is -0.130. The van der Waals surface area contributed by atoms with Crippen molar-refractivity contribution in [3.05, 3.63) is 89.3 Å². The van der Waals surface area contributed by atoms with Crippen LogP contribution in [-0.4, -0.2) is 32.6 Å². The quantitative estimate of drug-likeness (QED) is 0.317. The van der Waals surface area contributed by atoms with Gasteiger partial charge < -0.3 is 9.73 Å². The number of anilines is 2. The van der Waals surface area contributed by atoms with Crippen molar-refractivity contribution in [1.82, 2.24) is 15.2 Å². The minimum Gasteiger partial charge on any atom is -0.467 e. The van der Waals surface area contributed by atoms with E-state index in [2.05, 4.69) is 20.6 Å². The Kier molecular flexibility index (Phi) is 6.43. The highest BCUT2D eigenvalue weighted by atomic mass is 35.5. The normalized spacial score (nSPS) is 15.5. The summed E-state index contributed by atoms with van der Waals surface area (Å²) < 4.78 is 6.31. The predicted octanol–water partition coefficient (Wildman–Crippen LogP) is 6.00. The SMILES string of the molecule is O=C(CSc1nnc(Nc2ccccc2)s1)N1N=C(c2ccc(Cl)cc2)C[C@@H]1c1ccco1. The molecule has 1 aliphatic heterocycles. The Morgan fingerprint density at radius 2 is 1.94 bits per heavy atom. The number of amides is 1. The number of hydrazone groups is 1. The fourth-order valence-corrected chi connectivity index (χ4v) is 5.16. The summed E-state index contributed by atoms with van der Waals surface area (Å²) in [6.45, 7) is 0. The highest BCUT2D eigenvalue weighted by Gasteiger charge is 2.34. The molecule has 5 rings (SSSR count). The van der Waals surface area contributed by atoms with Crippen molar-refractivity contribution >= 4 is 57.1 Å². The number of nitrogens with one attached hydrogen (secondary N) is 1. The summed E-state index contributed by atoms with van der Waals surface area (Å²) in [6.07, 6.45) is 2.17. The average molecular weight is 496 g/mol. The van der Waals surface area contributed by atoms with E-state index in [4.69, 9.17) is 16.0 Å². The third kappa shape index (κ3) is 5.11. The minimum atomic E-state index is -0.288. The number of hydrogen-bond acceptors (Lipinski definition) is 8. The van der Waals surface area contributed by atoms with Gasteiger partial charge in [0.15, 0.2) is 4.34 Å². The van der Waals surface area contributed by atoms with E-state index in [-0.39, 0.29) is 17.7 Å². The molecule has 0 saturated carbocycles. The Hall–Kier alpha value is -3.14. The van der Waals surface area contributed by atoms with Crippen molar-refractivity contribution in [2.75, 3.05) is 11.1 Å². The van der Waals surface area contributed by atoms with Gasteiger partial charge >= 0.3 is 0 Å². The molecule has 4 aromatic rings. The molecule has 10 heteroatoms. The monoisotopic (exact) mass is 495 g/mol. The Balaban J connectivity index is 1.28. The van der Waals surface area contributed by atoms with Crippen molar-refractivity contribution in [1.29, 1.82) is 0 Å². The van der Waals surface area contributed by atoms with Gasteiger partial charge in [-0.1, -0.05) is 65.0 Å². The first-order chi connectivity index (χ1) is 16.2. The summed E-state index contributed by atoms with van der Waals surface area (Å²) in [5, 5.41) is 19.0. The zero-order valence-corrected chi connectivity index (χ0v) is 19.6. The fraction of sp³-hybridized carbons (Fsp3) is 0.130. The summed E-state index contributed by atoms with van der Waals surface area (Å²) >= 11 is 8.76. The molecule has 33 heavy (non-hydrogen) atoms. The number of carbonyl (C=O) groups excluding carboxylic acids is 1. The summed E-state index contributed by atoms with van der Waals surface area (Å²) in [5.41, 5.74) is 2.68. The summed E-state index contributed by atoms with van der Waals surface area (Å²) in [6, 6.07) is 20.6. The molecule has 0 unspecified atom stereocenters. The van der Waals surface area contributed by atoms with Crippen LogP contribution in [0.25, 0.3) is 0 Å². The van der Waals surface area contributed by atoms with Crippen LogP contribution in [0, 0.1) is 0 Å². The van der Waals surface area contributed by atoms with Crippen LogP contribution in [0.15, 0.2) is 86.9 Å². The number of rotatable bonds is 7. The number of para-hydroxylation sites is 1. The lowest BCUT2D eigenvalue weighted by atomic mass is 10.0. The van der Waals surface area contributed by atoms with E-state index >= 15 is 0 Å². The molecule has 166 valence electrons. The first-order valence-electron chi connectivity index (χ1n) is 10.1. The lowest BCUT2D eigenvalue weighted by Gasteiger charge is -2.19. The number of nitrogens with zero attached hydrogens (tertiary/aromatic N) is 4. The molecule has 0 fully saturated rings. The van der Waals surface area contributed by atoms with Gasteiger partial charge in [0.05, 0.1) is 17.7 Å². The molecule has 1 N–H and O–H groups in total. The van der Waals surface area contributed by atoms with Gasteiger partial charge in [0.25, 0.3) is 5.91 Å². The van der Waals surface area contributed by atoms with E-state index < -0.39 is 0 Å². The highest BCUT2D eigenvalue weighted by Crippen LogP contribution is 2.35. The summed E-state index contributed by atoms with van der Waals surface area (Å²) in [5.74, 6) is 0.763. The standard InChI is InChI=1S/C23H18ClN5O2S2/c24-16-10-8-15(9-11-16)18-13-19(20-7-4-12-31-20)29(28-18)21(30)14-32-23-27-26-22(33-23)25-17-5-2-1-3-6-17/h1-12,19H,13-14H2,(H,25,26)/t19-/m1/s1. The number of carbonyl (C=O) groups is 1. The zero-order valence-electron chi connectivity index (χ0n) is 17.2. The predicted molar refractivity (Wildman–Crippen MR) is 131 cm³/mol. The average Bonchev–Trinajstić information content (AvgIpc) is 3.59. The lowest BCUT2D eigenvalue weighted by Crippen LogP contribution is -2.28. The van der Waals surface area contributed by atoms with E-state index in [1.807, 2.05) is 66.7 Å². The van der Waals surface area contributed by atoms with Crippen LogP contribution in [0.1, 0.15) is 23.8 Å². The second kappa shape index (κ2) is 9.78. The fourth-order valence-electron chi connectivity index (χ4n) is 3.41. The van der Waals surface area contributed by atoms with Gasteiger partial charge in [0.1, 0.15) is 11.8 Å². The molecule has 2 aromatic heterocycles. The van der Waals surface area contributed by atoms with Gasteiger partial charge in [0.2, 0.25) is 5.13 Å². The van der Waals surface area contributed by atoms with Crippen LogP contribution >= 0.6 is 34.7 Å². The largest absolute Gasteiger partial charge is 0.467 e. The molecule has 1 amide bonds. The van der Waals surface area contributed by atoms with Gasteiger partial charge in [-0.2, -0.15) is 5.10 Å². The van der Waals surface area contributed by atoms with E-state index in [1.54, 1.807) is 6.26 Å². The summed E-state index contributed by atoms with van der Waals surface area (Å²) in [4.78, 5) is 13.1. The number of furan rings is 1. The first-order valence-corrected chi connectivity index (χ1v) is 12.3. The maximum atomic E-state index is 13.1. The number of hydrogen-bond donors (Lipinski definition) is 1. The van der Waals surface area contributed by atoms with Crippen molar-refractivity contribution in [2.24, 2.45) is 5.10 Å². The van der Waals surface area contributed by atoms with Crippen molar-refractivity contribution in [3.63, 3.8) is 0 Å². The molecule has 1 atom stereocenters. The van der Waals surface area contributed by atoms with Gasteiger partial charge in [-0.05, 0) is 42.0 Å². The molecule has 7 nitrogen and oxygen atoms in total. The molecular weight excluding hydrogens is 478 g/mol. The molecule has 0 radical (unpaired) electrons. The van der Waals surface area contributed by atoms with Crippen molar-refractivity contribution in [3.8, 4) is 0 Å². The van der Waals surface area contributed by atoms with Gasteiger partial charge in [0, 0.05) is 17.1 Å². The van der Waals surface area contributed by atoms with Crippen LogP contribution in [0.4, 0.5) is 10.8 Å². The molecule has 0 aliphatic carbocycles. The highest BCUT2D eigenvalue weighted by molar-refractivity contribution is 8.01. The molecule has 0 spiro atoms. The molecule has 2 aromatic carbocycles. The van der Waals surface area contributed by atoms with E-state index in [9.17, 15) is 4.79 Å². The van der Waals surface area contributed by atoms with E-state index in [0.29, 0.717) is 26.7 Å². The van der Waals surface area contributed by atoms with Crippen LogP contribution in [0.5, 0.6) is 0 Å². The topological polar surface area (TPSA) is 83.6 Å². The first kappa shape index (κ1) is 21.7. The third-order valence-electron chi connectivity index (χ3n) is 4.97. The van der Waals surface area contributed by atoms with Crippen LogP contribution < -0.4 is 5.32 Å².